The maximum Gasteiger partial charge on any atom is 0.264 e. The molecule has 1 aromatic heterocycles. The minimum Gasteiger partial charge on any atom is -0.330 e. The fraction of sp³-hybridized carbons (Fsp3) is 0. The van der Waals surface area contributed by atoms with E-state index in [0.717, 1.165) is 12.1 Å². The molecule has 2 aromatic rings. The van der Waals surface area contributed by atoms with Crippen molar-refractivity contribution in [2.75, 3.05) is 4.72 Å². The Morgan fingerprint density at radius 1 is 1.24 bits per heavy atom. The molecule has 2 rings (SSSR count). The van der Waals surface area contributed by atoms with E-state index in [1.807, 2.05) is 0 Å². The summed E-state index contributed by atoms with van der Waals surface area (Å²) in [6, 6.07) is 2.30. The van der Waals surface area contributed by atoms with Crippen LogP contribution in [0.5, 0.6) is 0 Å². The van der Waals surface area contributed by atoms with E-state index in [0.29, 0.717) is 6.07 Å². The summed E-state index contributed by atoms with van der Waals surface area (Å²) in [5.74, 6) is -2.34. The van der Waals surface area contributed by atoms with E-state index in [1.165, 1.54) is 12.4 Å². The maximum absolute atomic E-state index is 12.9. The lowest BCUT2D eigenvalue weighted by Crippen LogP contribution is -2.14. The number of imidazole rings is 1. The first-order valence-electron chi connectivity index (χ1n) is 4.46. The summed E-state index contributed by atoms with van der Waals surface area (Å²) in [5, 5.41) is 0. The number of H-pyrrole nitrogens is 1. The number of rotatable bonds is 3. The Morgan fingerprint density at radius 3 is 2.59 bits per heavy atom. The molecule has 0 amide bonds. The Kier molecular flexibility index (Phi) is 2.80. The Labute approximate surface area is 95.6 Å². The SMILES string of the molecule is O=S(=O)(Nc1ncc[nH]1)c1ccc(F)c(F)c1. The molecule has 0 aliphatic carbocycles. The van der Waals surface area contributed by atoms with Crippen LogP contribution in [0.1, 0.15) is 0 Å². The molecule has 8 heteroatoms. The van der Waals surface area contributed by atoms with Crippen molar-refractivity contribution in [3.63, 3.8) is 0 Å². The number of aromatic amines is 1. The standard InChI is InChI=1S/C9H7F2N3O2S/c10-7-2-1-6(5-8(7)11)17(15,16)14-9-12-3-4-13-9/h1-5H,(H2,12,13,14). The molecule has 1 aromatic carbocycles. The number of nitrogens with one attached hydrogen (secondary N) is 2. The van der Waals surface area contributed by atoms with E-state index in [-0.39, 0.29) is 10.8 Å². The molecule has 0 aliphatic rings. The largest absolute Gasteiger partial charge is 0.330 e. The van der Waals surface area contributed by atoms with Crippen molar-refractivity contribution in [1.82, 2.24) is 9.97 Å². The van der Waals surface area contributed by atoms with Gasteiger partial charge in [0.2, 0.25) is 5.95 Å². The quantitative estimate of drug-likeness (QED) is 0.876. The minimum absolute atomic E-state index is 0.00488. The fourth-order valence-electron chi connectivity index (χ4n) is 1.15. The van der Waals surface area contributed by atoms with Gasteiger partial charge in [0.25, 0.3) is 10.0 Å². The molecule has 0 aliphatic heterocycles. The van der Waals surface area contributed by atoms with Crippen LogP contribution in [0.15, 0.2) is 35.5 Å². The third-order valence-electron chi connectivity index (χ3n) is 1.93. The Morgan fingerprint density at radius 2 is 2.00 bits per heavy atom. The van der Waals surface area contributed by atoms with E-state index >= 15 is 0 Å². The zero-order valence-electron chi connectivity index (χ0n) is 8.31. The normalized spacial score (nSPS) is 11.4. The second-order valence-electron chi connectivity index (χ2n) is 3.12. The third-order valence-corrected chi connectivity index (χ3v) is 3.27. The first-order valence-corrected chi connectivity index (χ1v) is 5.94. The highest BCUT2D eigenvalue weighted by Crippen LogP contribution is 2.16. The van der Waals surface area contributed by atoms with Gasteiger partial charge in [0.1, 0.15) is 0 Å². The molecule has 0 saturated carbocycles. The summed E-state index contributed by atoms with van der Waals surface area (Å²) in [6.07, 6.45) is 2.77. The van der Waals surface area contributed by atoms with Gasteiger partial charge in [-0.1, -0.05) is 0 Å². The number of halogens is 2. The molecule has 0 radical (unpaired) electrons. The molecule has 17 heavy (non-hydrogen) atoms. The van der Waals surface area contributed by atoms with Crippen molar-refractivity contribution < 1.29 is 17.2 Å². The molecular formula is C9H7F2N3O2S. The number of anilines is 1. The van der Waals surface area contributed by atoms with Gasteiger partial charge in [-0.3, -0.25) is 0 Å². The number of sulfonamides is 1. The molecule has 2 N–H and O–H groups in total. The molecule has 90 valence electrons. The predicted molar refractivity (Wildman–Crippen MR) is 55.8 cm³/mol. The van der Waals surface area contributed by atoms with Crippen LogP contribution in [0.2, 0.25) is 0 Å². The highest BCUT2D eigenvalue weighted by molar-refractivity contribution is 7.92. The van der Waals surface area contributed by atoms with Gasteiger partial charge in [0.15, 0.2) is 11.6 Å². The van der Waals surface area contributed by atoms with Crippen LogP contribution < -0.4 is 4.72 Å². The molecule has 0 fully saturated rings. The molecule has 0 atom stereocenters. The summed E-state index contributed by atoms with van der Waals surface area (Å²) in [6.45, 7) is 0. The maximum atomic E-state index is 12.9. The highest BCUT2D eigenvalue weighted by atomic mass is 32.2. The average molecular weight is 259 g/mol. The number of nitrogens with zero attached hydrogens (tertiary/aromatic N) is 1. The van der Waals surface area contributed by atoms with Crippen molar-refractivity contribution >= 4 is 16.0 Å². The van der Waals surface area contributed by atoms with Crippen molar-refractivity contribution in [2.45, 2.75) is 4.90 Å². The third kappa shape index (κ3) is 2.41. The first kappa shape index (κ1) is 11.5. The molecule has 0 unspecified atom stereocenters. The first-order chi connectivity index (χ1) is 7.99. The minimum atomic E-state index is -3.97. The van der Waals surface area contributed by atoms with E-state index in [4.69, 9.17) is 0 Å². The van der Waals surface area contributed by atoms with Gasteiger partial charge in [-0.15, -0.1) is 0 Å². The van der Waals surface area contributed by atoms with Crippen molar-refractivity contribution in [2.24, 2.45) is 0 Å². The highest BCUT2D eigenvalue weighted by Gasteiger charge is 2.17. The number of benzene rings is 1. The second kappa shape index (κ2) is 4.13. The fourth-order valence-corrected chi connectivity index (χ4v) is 2.14. The summed E-state index contributed by atoms with van der Waals surface area (Å²) >= 11 is 0. The Bertz CT molecular complexity index is 626. The lowest BCUT2D eigenvalue weighted by Gasteiger charge is -2.05. The van der Waals surface area contributed by atoms with Crippen LogP contribution >= 0.6 is 0 Å². The molecular weight excluding hydrogens is 252 g/mol. The summed E-state index contributed by atoms with van der Waals surface area (Å²) < 4.78 is 51.0. The predicted octanol–water partition coefficient (Wildman–Crippen LogP) is 1.49. The summed E-state index contributed by atoms with van der Waals surface area (Å²) in [5.41, 5.74) is 0. The zero-order valence-corrected chi connectivity index (χ0v) is 9.13. The van der Waals surface area contributed by atoms with Crippen LogP contribution in [0.4, 0.5) is 14.7 Å². The van der Waals surface area contributed by atoms with E-state index < -0.39 is 21.7 Å². The van der Waals surface area contributed by atoms with Gasteiger partial charge in [0, 0.05) is 12.4 Å². The van der Waals surface area contributed by atoms with Crippen molar-refractivity contribution in [3.05, 3.63) is 42.2 Å². The Hall–Kier alpha value is -1.96. The van der Waals surface area contributed by atoms with Gasteiger partial charge in [-0.05, 0) is 18.2 Å². The molecule has 0 spiro atoms. The van der Waals surface area contributed by atoms with Crippen LogP contribution in [-0.4, -0.2) is 18.4 Å². The van der Waals surface area contributed by atoms with E-state index in [1.54, 1.807) is 0 Å². The van der Waals surface area contributed by atoms with Crippen LogP contribution in [0, 0.1) is 11.6 Å². The monoisotopic (exact) mass is 259 g/mol. The lowest BCUT2D eigenvalue weighted by atomic mass is 10.3. The van der Waals surface area contributed by atoms with E-state index in [9.17, 15) is 17.2 Å². The topological polar surface area (TPSA) is 74.8 Å². The number of aromatic nitrogens is 2. The van der Waals surface area contributed by atoms with E-state index in [2.05, 4.69) is 14.7 Å². The molecule has 0 bridgehead atoms. The summed E-state index contributed by atoms with van der Waals surface area (Å²) in [7, 11) is -3.97. The van der Waals surface area contributed by atoms with Gasteiger partial charge in [-0.25, -0.2) is 26.9 Å². The zero-order chi connectivity index (χ0) is 12.5. The number of hydrogen-bond donors (Lipinski definition) is 2. The van der Waals surface area contributed by atoms with Crippen molar-refractivity contribution in [1.29, 1.82) is 0 Å². The number of hydrogen-bond acceptors (Lipinski definition) is 3. The molecule has 0 saturated heterocycles. The molecule has 1 heterocycles. The van der Waals surface area contributed by atoms with Crippen LogP contribution in [-0.2, 0) is 10.0 Å². The van der Waals surface area contributed by atoms with Crippen LogP contribution in [0.3, 0.4) is 0 Å². The summed E-state index contributed by atoms with van der Waals surface area (Å²) in [4.78, 5) is 5.79. The van der Waals surface area contributed by atoms with Crippen molar-refractivity contribution in [3.8, 4) is 0 Å². The van der Waals surface area contributed by atoms with Gasteiger partial charge in [0.05, 0.1) is 4.90 Å². The van der Waals surface area contributed by atoms with Gasteiger partial charge < -0.3 is 4.98 Å². The Balaban J connectivity index is 2.35. The van der Waals surface area contributed by atoms with Gasteiger partial charge in [-0.2, -0.15) is 0 Å². The lowest BCUT2D eigenvalue weighted by molar-refractivity contribution is 0.504. The average Bonchev–Trinajstić information content (AvgIpc) is 2.73. The smallest absolute Gasteiger partial charge is 0.264 e. The second-order valence-corrected chi connectivity index (χ2v) is 4.80. The van der Waals surface area contributed by atoms with Crippen LogP contribution in [0.25, 0.3) is 0 Å². The van der Waals surface area contributed by atoms with Gasteiger partial charge >= 0.3 is 0 Å². The molecule has 5 nitrogen and oxygen atoms in total.